The largest absolute Gasteiger partial charge is 0.358 e. The molecular weight excluding hydrogens is 366 g/mol. The number of halogens is 1. The molecule has 1 N–H and O–H groups in total. The minimum Gasteiger partial charge on any atom is -0.358 e. The Hall–Kier alpha value is -1.31. The second-order valence-electron chi connectivity index (χ2n) is 5.00. The van der Waals surface area contributed by atoms with Gasteiger partial charge in [0.2, 0.25) is 11.8 Å². The normalized spacial score (nSPS) is 10.2. The molecule has 1 rings (SSSR count). The zero-order chi connectivity index (χ0) is 18.1. The zero-order valence-electron chi connectivity index (χ0n) is 14.0. The van der Waals surface area contributed by atoms with Crippen molar-refractivity contribution >= 4 is 57.4 Å². The molecule has 0 saturated heterocycles. The third-order valence-electron chi connectivity index (χ3n) is 3.30. The van der Waals surface area contributed by atoms with E-state index >= 15 is 0 Å². The van der Waals surface area contributed by atoms with Crippen molar-refractivity contribution in [2.24, 2.45) is 0 Å². The van der Waals surface area contributed by atoms with Crippen LogP contribution in [-0.2, 0) is 9.59 Å². The lowest BCUT2D eigenvalue weighted by atomic mass is 10.3. The maximum atomic E-state index is 12.1. The van der Waals surface area contributed by atoms with Crippen molar-refractivity contribution in [1.82, 2.24) is 9.80 Å². The average molecular weight is 388 g/mol. The first-order valence-corrected chi connectivity index (χ1v) is 9.36. The van der Waals surface area contributed by atoms with E-state index in [1.807, 2.05) is 18.7 Å². The van der Waals surface area contributed by atoms with Gasteiger partial charge < -0.3 is 15.1 Å². The van der Waals surface area contributed by atoms with Gasteiger partial charge in [-0.2, -0.15) is 0 Å². The summed E-state index contributed by atoms with van der Waals surface area (Å²) in [6.45, 7) is 5.62. The molecule has 0 atom stereocenters. The number of benzene rings is 1. The van der Waals surface area contributed by atoms with Crippen LogP contribution in [0.2, 0.25) is 5.02 Å². The lowest BCUT2D eigenvalue weighted by Crippen LogP contribution is -2.36. The molecule has 132 valence electrons. The Morgan fingerprint density at radius 1 is 1.25 bits per heavy atom. The predicted molar refractivity (Wildman–Crippen MR) is 106 cm³/mol. The minimum absolute atomic E-state index is 0.0390. The van der Waals surface area contributed by atoms with Gasteiger partial charge in [0.05, 0.1) is 23.0 Å². The molecule has 0 aliphatic carbocycles. The highest BCUT2D eigenvalue weighted by molar-refractivity contribution is 8.23. The molecule has 0 unspecified atom stereocenters. The van der Waals surface area contributed by atoms with Crippen LogP contribution in [0, 0.1) is 0 Å². The van der Waals surface area contributed by atoms with Crippen LogP contribution in [0.5, 0.6) is 0 Å². The third-order valence-corrected chi connectivity index (χ3v) is 5.13. The molecule has 24 heavy (non-hydrogen) atoms. The number of hydrogen-bond acceptors (Lipinski definition) is 4. The average Bonchev–Trinajstić information content (AvgIpc) is 2.55. The summed E-state index contributed by atoms with van der Waals surface area (Å²) >= 11 is 12.6. The molecule has 0 radical (unpaired) electrons. The van der Waals surface area contributed by atoms with Crippen molar-refractivity contribution in [3.8, 4) is 0 Å². The van der Waals surface area contributed by atoms with Crippen molar-refractivity contribution in [3.05, 3.63) is 29.3 Å². The van der Waals surface area contributed by atoms with Crippen LogP contribution in [-0.4, -0.2) is 58.4 Å². The number of para-hydroxylation sites is 1. The topological polar surface area (TPSA) is 52.7 Å². The minimum atomic E-state index is -0.296. The molecule has 0 bridgehead atoms. The van der Waals surface area contributed by atoms with Crippen LogP contribution in [0.3, 0.4) is 0 Å². The van der Waals surface area contributed by atoms with E-state index in [4.69, 9.17) is 23.8 Å². The maximum absolute atomic E-state index is 12.1. The number of thiocarbonyl (C=S) groups is 1. The molecule has 0 saturated carbocycles. The van der Waals surface area contributed by atoms with Crippen LogP contribution < -0.4 is 5.32 Å². The second kappa shape index (κ2) is 10.5. The fraction of sp³-hybridized carbons (Fsp3) is 0.438. The number of rotatable bonds is 7. The summed E-state index contributed by atoms with van der Waals surface area (Å²) in [6, 6.07) is 6.96. The number of carbonyl (C=O) groups excluding carboxylic acids is 2. The molecule has 2 amide bonds. The SMILES string of the molecule is CCN(CC)C(=S)SCC(=O)N(C)CC(=O)Nc1ccccc1Cl. The van der Waals surface area contributed by atoms with Crippen LogP contribution in [0.4, 0.5) is 5.69 Å². The van der Waals surface area contributed by atoms with E-state index in [0.717, 1.165) is 13.1 Å². The number of thioether (sulfide) groups is 1. The second-order valence-corrected chi connectivity index (χ2v) is 7.02. The molecule has 8 heteroatoms. The van der Waals surface area contributed by atoms with Gasteiger partial charge in [-0.1, -0.05) is 47.7 Å². The summed E-state index contributed by atoms with van der Waals surface area (Å²) in [7, 11) is 1.59. The van der Waals surface area contributed by atoms with Gasteiger partial charge in [0.15, 0.2) is 0 Å². The highest BCUT2D eigenvalue weighted by Gasteiger charge is 2.16. The Morgan fingerprint density at radius 3 is 2.46 bits per heavy atom. The molecule has 0 aliphatic rings. The smallest absolute Gasteiger partial charge is 0.244 e. The van der Waals surface area contributed by atoms with Crippen molar-refractivity contribution in [2.75, 3.05) is 37.8 Å². The van der Waals surface area contributed by atoms with Crippen LogP contribution >= 0.6 is 35.6 Å². The van der Waals surface area contributed by atoms with E-state index in [0.29, 0.717) is 15.0 Å². The summed E-state index contributed by atoms with van der Waals surface area (Å²) in [4.78, 5) is 27.5. The Morgan fingerprint density at radius 2 is 1.88 bits per heavy atom. The first-order chi connectivity index (χ1) is 11.4. The van der Waals surface area contributed by atoms with Gasteiger partial charge in [0.1, 0.15) is 4.32 Å². The molecule has 1 aromatic carbocycles. The fourth-order valence-electron chi connectivity index (χ4n) is 1.86. The molecule has 0 fully saturated rings. The lowest BCUT2D eigenvalue weighted by molar-refractivity contribution is -0.131. The van der Waals surface area contributed by atoms with E-state index in [9.17, 15) is 9.59 Å². The van der Waals surface area contributed by atoms with Gasteiger partial charge in [-0.3, -0.25) is 9.59 Å². The Balaban J connectivity index is 2.45. The standard InChI is InChI=1S/C16H22ClN3O2S2/c1-4-20(5-2)16(23)24-11-15(22)19(3)10-14(21)18-13-9-7-6-8-12(13)17/h6-9H,4-5,10-11H2,1-3H3,(H,18,21). The number of nitrogens with zero attached hydrogens (tertiary/aromatic N) is 2. The summed E-state index contributed by atoms with van der Waals surface area (Å²) < 4.78 is 0.697. The maximum Gasteiger partial charge on any atom is 0.244 e. The number of anilines is 1. The zero-order valence-corrected chi connectivity index (χ0v) is 16.4. The first-order valence-electron chi connectivity index (χ1n) is 7.59. The number of nitrogens with one attached hydrogen (secondary N) is 1. The van der Waals surface area contributed by atoms with Gasteiger partial charge in [0.25, 0.3) is 0 Å². The van der Waals surface area contributed by atoms with E-state index in [1.165, 1.54) is 16.7 Å². The number of amides is 2. The molecule has 0 spiro atoms. The van der Waals surface area contributed by atoms with E-state index in [-0.39, 0.29) is 24.1 Å². The molecule has 0 heterocycles. The number of hydrogen-bond donors (Lipinski definition) is 1. The Kier molecular flexibility index (Phi) is 9.10. The summed E-state index contributed by atoms with van der Waals surface area (Å²) in [6.07, 6.45) is 0. The van der Waals surface area contributed by atoms with Crippen molar-refractivity contribution < 1.29 is 9.59 Å². The van der Waals surface area contributed by atoms with Crippen LogP contribution in [0.15, 0.2) is 24.3 Å². The summed E-state index contributed by atoms with van der Waals surface area (Å²) in [5, 5.41) is 3.15. The van der Waals surface area contributed by atoms with Crippen LogP contribution in [0.1, 0.15) is 13.8 Å². The van der Waals surface area contributed by atoms with Crippen molar-refractivity contribution in [2.45, 2.75) is 13.8 Å². The quantitative estimate of drug-likeness (QED) is 0.728. The monoisotopic (exact) mass is 387 g/mol. The van der Waals surface area contributed by atoms with Gasteiger partial charge in [-0.05, 0) is 26.0 Å². The molecule has 0 aromatic heterocycles. The van der Waals surface area contributed by atoms with Crippen molar-refractivity contribution in [1.29, 1.82) is 0 Å². The fourth-order valence-corrected chi connectivity index (χ4v) is 3.39. The third kappa shape index (κ3) is 6.67. The van der Waals surface area contributed by atoms with Gasteiger partial charge in [-0.25, -0.2) is 0 Å². The number of carbonyl (C=O) groups is 2. The molecule has 5 nitrogen and oxygen atoms in total. The highest BCUT2D eigenvalue weighted by Crippen LogP contribution is 2.20. The van der Waals surface area contributed by atoms with Gasteiger partial charge >= 0.3 is 0 Å². The highest BCUT2D eigenvalue weighted by atomic mass is 35.5. The Labute approximate surface area is 157 Å². The first kappa shape index (κ1) is 20.7. The van der Waals surface area contributed by atoms with E-state index in [2.05, 4.69) is 5.32 Å². The van der Waals surface area contributed by atoms with Gasteiger partial charge in [0, 0.05) is 20.1 Å². The van der Waals surface area contributed by atoms with E-state index < -0.39 is 0 Å². The Bertz CT molecular complexity index is 594. The molecular formula is C16H22ClN3O2S2. The number of likely N-dealkylation sites (N-methyl/N-ethyl adjacent to an activating group) is 1. The van der Waals surface area contributed by atoms with E-state index in [1.54, 1.807) is 31.3 Å². The molecule has 0 aliphatic heterocycles. The van der Waals surface area contributed by atoms with Crippen molar-refractivity contribution in [3.63, 3.8) is 0 Å². The summed E-state index contributed by atoms with van der Waals surface area (Å²) in [5.74, 6) is -0.232. The predicted octanol–water partition coefficient (Wildman–Crippen LogP) is 3.10. The molecule has 1 aromatic rings. The summed E-state index contributed by atoms with van der Waals surface area (Å²) in [5.41, 5.74) is 0.530. The van der Waals surface area contributed by atoms with Crippen LogP contribution in [0.25, 0.3) is 0 Å². The lowest BCUT2D eigenvalue weighted by Gasteiger charge is -2.22. The van der Waals surface area contributed by atoms with Gasteiger partial charge in [-0.15, -0.1) is 0 Å².